The Kier molecular flexibility index (Phi) is 5.50. The molecule has 2 fully saturated rings. The summed E-state index contributed by atoms with van der Waals surface area (Å²) in [6.45, 7) is 9.56. The van der Waals surface area contributed by atoms with Crippen LogP contribution in [0.25, 0.3) is 0 Å². The molecule has 7 nitrogen and oxygen atoms in total. The van der Waals surface area contributed by atoms with Crippen molar-refractivity contribution in [1.82, 2.24) is 19.1 Å². The smallest absolute Gasteiger partial charge is 0.223 e. The first-order valence-electron chi connectivity index (χ1n) is 9.13. The second-order valence-corrected chi connectivity index (χ2v) is 9.58. The summed E-state index contributed by atoms with van der Waals surface area (Å²) in [5.41, 5.74) is -0.727. The van der Waals surface area contributed by atoms with E-state index in [2.05, 4.69) is 19.0 Å². The van der Waals surface area contributed by atoms with Gasteiger partial charge in [-0.2, -0.15) is 13.8 Å². The SMILES string of the molecule is CC1(C)CC(NC(=O)C2CCN(c3nsnc3Cl)CC2)CC(C)(C)N1O. The first-order chi connectivity index (χ1) is 12.1. The van der Waals surface area contributed by atoms with Crippen molar-refractivity contribution in [3.05, 3.63) is 5.15 Å². The highest BCUT2D eigenvalue weighted by molar-refractivity contribution is 6.99. The number of carbonyl (C=O) groups excluding carboxylic acids is 1. The van der Waals surface area contributed by atoms with Gasteiger partial charge in [0.1, 0.15) is 0 Å². The van der Waals surface area contributed by atoms with Crippen LogP contribution in [0.5, 0.6) is 0 Å². The van der Waals surface area contributed by atoms with Gasteiger partial charge in [0.15, 0.2) is 11.0 Å². The van der Waals surface area contributed by atoms with E-state index in [1.807, 2.05) is 27.7 Å². The summed E-state index contributed by atoms with van der Waals surface area (Å²) in [4.78, 5) is 14.9. The highest BCUT2D eigenvalue weighted by Crippen LogP contribution is 2.37. The zero-order valence-corrected chi connectivity index (χ0v) is 17.4. The van der Waals surface area contributed by atoms with E-state index in [0.29, 0.717) is 5.15 Å². The van der Waals surface area contributed by atoms with E-state index in [1.54, 1.807) is 0 Å². The number of piperidine rings is 2. The number of anilines is 1. The number of aromatic nitrogens is 2. The Balaban J connectivity index is 1.55. The van der Waals surface area contributed by atoms with E-state index < -0.39 is 0 Å². The molecule has 0 atom stereocenters. The largest absolute Gasteiger partial charge is 0.353 e. The van der Waals surface area contributed by atoms with Gasteiger partial charge >= 0.3 is 0 Å². The lowest BCUT2D eigenvalue weighted by Gasteiger charge is -2.51. The van der Waals surface area contributed by atoms with Crippen molar-refractivity contribution in [3.63, 3.8) is 0 Å². The van der Waals surface area contributed by atoms with Crippen LogP contribution in [-0.2, 0) is 4.79 Å². The van der Waals surface area contributed by atoms with Crippen LogP contribution in [0.3, 0.4) is 0 Å². The van der Waals surface area contributed by atoms with Crippen molar-refractivity contribution < 1.29 is 10.0 Å². The molecule has 2 saturated heterocycles. The Morgan fingerprint density at radius 2 is 1.77 bits per heavy atom. The van der Waals surface area contributed by atoms with Crippen molar-refractivity contribution in [2.45, 2.75) is 70.5 Å². The second-order valence-electron chi connectivity index (χ2n) is 8.69. The Morgan fingerprint density at radius 3 is 2.27 bits per heavy atom. The first-order valence-corrected chi connectivity index (χ1v) is 10.2. The van der Waals surface area contributed by atoms with Crippen LogP contribution in [-0.4, -0.2) is 55.1 Å². The van der Waals surface area contributed by atoms with Gasteiger partial charge in [0, 0.05) is 36.1 Å². The zero-order valence-electron chi connectivity index (χ0n) is 15.8. The van der Waals surface area contributed by atoms with E-state index in [1.165, 1.54) is 5.06 Å². The maximum absolute atomic E-state index is 12.8. The Hall–Kier alpha value is -0.960. The number of carbonyl (C=O) groups is 1. The molecule has 0 aliphatic carbocycles. The molecule has 0 unspecified atom stereocenters. The van der Waals surface area contributed by atoms with Gasteiger partial charge in [0.05, 0.1) is 11.7 Å². The zero-order chi connectivity index (χ0) is 19.1. The molecule has 2 aliphatic heterocycles. The molecule has 9 heteroatoms. The molecule has 0 bridgehead atoms. The molecule has 1 aromatic rings. The van der Waals surface area contributed by atoms with Gasteiger partial charge in [-0.3, -0.25) is 4.79 Å². The molecule has 26 heavy (non-hydrogen) atoms. The van der Waals surface area contributed by atoms with Crippen LogP contribution in [0.4, 0.5) is 5.82 Å². The fourth-order valence-corrected chi connectivity index (χ4v) is 5.18. The quantitative estimate of drug-likeness (QED) is 0.810. The number of hydroxylamine groups is 2. The third-order valence-electron chi connectivity index (χ3n) is 5.58. The molecule has 0 radical (unpaired) electrons. The van der Waals surface area contributed by atoms with E-state index in [4.69, 9.17) is 11.6 Å². The maximum Gasteiger partial charge on any atom is 0.223 e. The fourth-order valence-electron chi connectivity index (χ4n) is 4.41. The van der Waals surface area contributed by atoms with E-state index in [0.717, 1.165) is 56.3 Å². The molecule has 1 amide bonds. The summed E-state index contributed by atoms with van der Waals surface area (Å²) < 4.78 is 8.24. The molecule has 146 valence electrons. The van der Waals surface area contributed by atoms with Crippen LogP contribution >= 0.6 is 23.3 Å². The van der Waals surface area contributed by atoms with Crippen molar-refractivity contribution in [2.24, 2.45) is 5.92 Å². The molecule has 2 N–H and O–H groups in total. The number of halogens is 1. The molecule has 0 saturated carbocycles. The monoisotopic (exact) mass is 401 g/mol. The van der Waals surface area contributed by atoms with Gasteiger partial charge in [0.25, 0.3) is 0 Å². The van der Waals surface area contributed by atoms with E-state index in [9.17, 15) is 10.0 Å². The lowest BCUT2D eigenvalue weighted by Crippen LogP contribution is -2.63. The number of nitrogens with zero attached hydrogens (tertiary/aromatic N) is 4. The van der Waals surface area contributed by atoms with E-state index in [-0.39, 0.29) is 28.9 Å². The predicted octanol–water partition coefficient (Wildman–Crippen LogP) is 2.93. The standard InChI is InChI=1S/C17H28ClN5O2S/c1-16(2)9-12(10-17(3,4)23(16)25)19-15(24)11-5-7-22(8-6-11)14-13(18)20-26-21-14/h11-12,25H,5-10H2,1-4H3,(H,19,24). The Morgan fingerprint density at radius 1 is 1.19 bits per heavy atom. The summed E-state index contributed by atoms with van der Waals surface area (Å²) >= 11 is 7.17. The van der Waals surface area contributed by atoms with E-state index >= 15 is 0 Å². The number of nitrogens with one attached hydrogen (secondary N) is 1. The predicted molar refractivity (Wildman–Crippen MR) is 103 cm³/mol. The molecule has 0 aromatic carbocycles. The van der Waals surface area contributed by atoms with Gasteiger partial charge in [-0.15, -0.1) is 0 Å². The van der Waals surface area contributed by atoms with Crippen molar-refractivity contribution in [1.29, 1.82) is 0 Å². The van der Waals surface area contributed by atoms with Crippen LogP contribution in [0.15, 0.2) is 0 Å². The van der Waals surface area contributed by atoms with Crippen LogP contribution < -0.4 is 10.2 Å². The van der Waals surface area contributed by atoms with Crippen LogP contribution in [0.1, 0.15) is 53.4 Å². The topological polar surface area (TPSA) is 81.6 Å². The molecular formula is C17H28ClN5O2S. The summed E-state index contributed by atoms with van der Waals surface area (Å²) in [5, 5.41) is 15.5. The lowest BCUT2D eigenvalue weighted by molar-refractivity contribution is -0.246. The summed E-state index contributed by atoms with van der Waals surface area (Å²) in [7, 11) is 0. The molecular weight excluding hydrogens is 374 g/mol. The number of hydrogen-bond acceptors (Lipinski definition) is 7. The second kappa shape index (κ2) is 7.22. The minimum Gasteiger partial charge on any atom is -0.353 e. The highest BCUT2D eigenvalue weighted by atomic mass is 35.5. The molecule has 3 heterocycles. The fraction of sp³-hybridized carbons (Fsp3) is 0.824. The van der Waals surface area contributed by atoms with Gasteiger partial charge in [-0.1, -0.05) is 11.6 Å². The van der Waals surface area contributed by atoms with Gasteiger partial charge in [-0.05, 0) is 53.4 Å². The summed E-state index contributed by atoms with van der Waals surface area (Å²) in [6.07, 6.45) is 3.03. The first kappa shape index (κ1) is 19.8. The molecule has 2 aliphatic rings. The van der Waals surface area contributed by atoms with Crippen molar-refractivity contribution >= 4 is 35.1 Å². The third-order valence-corrected chi connectivity index (χ3v) is 6.46. The third kappa shape index (κ3) is 3.98. The molecule has 1 aromatic heterocycles. The van der Waals surface area contributed by atoms with Gasteiger partial charge in [0.2, 0.25) is 5.91 Å². The Labute approximate surface area is 164 Å². The average Bonchev–Trinajstić information content (AvgIpc) is 2.98. The van der Waals surface area contributed by atoms with Crippen LogP contribution in [0.2, 0.25) is 5.15 Å². The van der Waals surface area contributed by atoms with Crippen LogP contribution in [0, 0.1) is 5.92 Å². The highest BCUT2D eigenvalue weighted by Gasteiger charge is 2.45. The molecule has 3 rings (SSSR count). The average molecular weight is 402 g/mol. The summed E-state index contributed by atoms with van der Waals surface area (Å²) in [6, 6.07) is 0.0751. The minimum atomic E-state index is -0.364. The summed E-state index contributed by atoms with van der Waals surface area (Å²) in [5.74, 6) is 0.861. The minimum absolute atomic E-state index is 0.00926. The molecule has 0 spiro atoms. The maximum atomic E-state index is 12.8. The van der Waals surface area contributed by atoms with Gasteiger partial charge < -0.3 is 15.4 Å². The van der Waals surface area contributed by atoms with Gasteiger partial charge in [-0.25, -0.2) is 0 Å². The Bertz CT molecular complexity index is 639. The lowest BCUT2D eigenvalue weighted by atomic mass is 9.78. The normalized spacial score (nSPS) is 24.6. The number of rotatable bonds is 3. The van der Waals surface area contributed by atoms with Crippen molar-refractivity contribution in [3.8, 4) is 0 Å². The van der Waals surface area contributed by atoms with Crippen molar-refractivity contribution in [2.75, 3.05) is 18.0 Å². The number of amides is 1. The number of hydrogen-bond donors (Lipinski definition) is 2.